The molecule has 2 aromatic heterocycles. The third-order valence-electron chi connectivity index (χ3n) is 6.10. The van der Waals surface area contributed by atoms with Crippen molar-refractivity contribution in [3.05, 3.63) is 81.4 Å². The number of rotatable bonds is 6. The van der Waals surface area contributed by atoms with Crippen LogP contribution in [0.25, 0.3) is 5.69 Å². The van der Waals surface area contributed by atoms with Gasteiger partial charge in [0.25, 0.3) is 5.69 Å². The first-order valence-electron chi connectivity index (χ1n) is 10.8. The van der Waals surface area contributed by atoms with Gasteiger partial charge in [-0.25, -0.2) is 0 Å². The van der Waals surface area contributed by atoms with Gasteiger partial charge in [0.2, 0.25) is 0 Å². The summed E-state index contributed by atoms with van der Waals surface area (Å²) in [5, 5.41) is 16.0. The number of aromatic nitrogens is 2. The summed E-state index contributed by atoms with van der Waals surface area (Å²) in [5.74, 6) is 0.444. The van der Waals surface area contributed by atoms with Gasteiger partial charge in [-0.1, -0.05) is 6.07 Å². The lowest BCUT2D eigenvalue weighted by Gasteiger charge is -2.31. The predicted molar refractivity (Wildman–Crippen MR) is 131 cm³/mol. The molecular formula is C24H27N5O3S. The van der Waals surface area contributed by atoms with Crippen LogP contribution in [-0.4, -0.2) is 37.6 Å². The Kier molecular flexibility index (Phi) is 6.07. The van der Waals surface area contributed by atoms with Gasteiger partial charge in [-0.3, -0.25) is 15.1 Å². The van der Waals surface area contributed by atoms with Crippen molar-refractivity contribution in [2.24, 2.45) is 0 Å². The maximum atomic E-state index is 11.9. The smallest absolute Gasteiger partial charge is 0.296 e. The largest absolute Gasteiger partial charge is 0.496 e. The topological polar surface area (TPSA) is 85.5 Å². The standard InChI is InChI=1S/C24H27N5O3S/c1-14(2)27-23(22(26-24(27)33)19-8-6-7-11-25-19)18-12-15(3)28(16(18)4)20-10-9-17(32-5)13-21(20)29(30)31/h6-14,22-23H,1-5H3,(H,26,33)/t22-,23+/m0/s1. The number of hydrogen-bond acceptors (Lipinski definition) is 5. The van der Waals surface area contributed by atoms with Gasteiger partial charge in [-0.15, -0.1) is 0 Å². The Bertz CT molecular complexity index is 1210. The number of methoxy groups -OCH3 is 1. The highest BCUT2D eigenvalue weighted by Crippen LogP contribution is 2.43. The first-order chi connectivity index (χ1) is 15.7. The summed E-state index contributed by atoms with van der Waals surface area (Å²) in [6, 6.07) is 12.8. The van der Waals surface area contributed by atoms with Crippen LogP contribution < -0.4 is 10.1 Å². The summed E-state index contributed by atoms with van der Waals surface area (Å²) in [4.78, 5) is 18.3. The Morgan fingerprint density at radius 1 is 1.21 bits per heavy atom. The number of benzene rings is 1. The van der Waals surface area contributed by atoms with Crippen molar-refractivity contribution >= 4 is 23.0 Å². The Morgan fingerprint density at radius 3 is 2.58 bits per heavy atom. The zero-order chi connectivity index (χ0) is 23.9. The molecule has 4 rings (SSSR count). The molecule has 8 nitrogen and oxygen atoms in total. The SMILES string of the molecule is COc1ccc(-n2c(C)cc([C@@H]3[C@H](c4ccccn4)NC(=S)N3C(C)C)c2C)c([N+](=O)[O-])c1. The van der Waals surface area contributed by atoms with Crippen LogP contribution in [0.1, 0.15) is 48.6 Å². The fourth-order valence-electron chi connectivity index (χ4n) is 4.68. The third-order valence-corrected chi connectivity index (χ3v) is 6.43. The quantitative estimate of drug-likeness (QED) is 0.318. The summed E-state index contributed by atoms with van der Waals surface area (Å²) in [5.41, 5.74) is 4.26. The summed E-state index contributed by atoms with van der Waals surface area (Å²) in [7, 11) is 1.50. The van der Waals surface area contributed by atoms with Crippen LogP contribution in [0.4, 0.5) is 5.69 Å². The minimum atomic E-state index is -0.375. The Hall–Kier alpha value is -3.46. The number of ether oxygens (including phenoxy) is 1. The molecule has 0 radical (unpaired) electrons. The number of nitro benzene ring substituents is 1. The van der Waals surface area contributed by atoms with E-state index in [1.165, 1.54) is 13.2 Å². The van der Waals surface area contributed by atoms with Gasteiger partial charge in [0, 0.05) is 23.6 Å². The maximum absolute atomic E-state index is 11.9. The molecule has 1 aliphatic rings. The normalized spacial score (nSPS) is 18.0. The van der Waals surface area contributed by atoms with Crippen molar-refractivity contribution in [2.75, 3.05) is 7.11 Å². The summed E-state index contributed by atoms with van der Waals surface area (Å²) in [6.45, 7) is 8.16. The molecule has 1 N–H and O–H groups in total. The van der Waals surface area contributed by atoms with Crippen molar-refractivity contribution in [1.29, 1.82) is 0 Å². The second-order valence-corrected chi connectivity index (χ2v) is 8.79. The average molecular weight is 466 g/mol. The van der Waals surface area contributed by atoms with E-state index in [9.17, 15) is 10.1 Å². The van der Waals surface area contributed by atoms with Gasteiger partial charge < -0.3 is 19.5 Å². The second-order valence-electron chi connectivity index (χ2n) is 8.40. The van der Waals surface area contributed by atoms with Crippen LogP contribution in [0.5, 0.6) is 5.75 Å². The lowest BCUT2D eigenvalue weighted by Crippen LogP contribution is -2.35. The minimum Gasteiger partial charge on any atom is -0.496 e. The number of nitrogens with zero attached hydrogens (tertiary/aromatic N) is 4. The van der Waals surface area contributed by atoms with E-state index >= 15 is 0 Å². The molecule has 1 aromatic carbocycles. The summed E-state index contributed by atoms with van der Waals surface area (Å²) in [6.07, 6.45) is 1.78. The van der Waals surface area contributed by atoms with E-state index in [0.717, 1.165) is 22.6 Å². The van der Waals surface area contributed by atoms with Crippen LogP contribution in [0.3, 0.4) is 0 Å². The average Bonchev–Trinajstić information content (AvgIpc) is 3.29. The molecule has 1 fully saturated rings. The van der Waals surface area contributed by atoms with Crippen molar-refractivity contribution in [3.63, 3.8) is 0 Å². The molecule has 3 aromatic rings. The highest BCUT2D eigenvalue weighted by atomic mass is 32.1. The van der Waals surface area contributed by atoms with E-state index in [-0.39, 0.29) is 28.7 Å². The second kappa shape index (κ2) is 8.82. The Labute approximate surface area is 198 Å². The molecule has 2 atom stereocenters. The van der Waals surface area contributed by atoms with E-state index in [2.05, 4.69) is 35.1 Å². The molecular weight excluding hydrogens is 438 g/mol. The molecule has 0 amide bonds. The summed E-state index contributed by atoms with van der Waals surface area (Å²) < 4.78 is 7.14. The molecule has 9 heteroatoms. The van der Waals surface area contributed by atoms with E-state index in [4.69, 9.17) is 17.0 Å². The van der Waals surface area contributed by atoms with Crippen molar-refractivity contribution in [3.8, 4) is 11.4 Å². The van der Waals surface area contributed by atoms with Crippen LogP contribution in [0.2, 0.25) is 0 Å². The van der Waals surface area contributed by atoms with Crippen LogP contribution in [0.15, 0.2) is 48.7 Å². The Balaban J connectivity index is 1.89. The van der Waals surface area contributed by atoms with Crippen LogP contribution in [-0.2, 0) is 0 Å². The van der Waals surface area contributed by atoms with Gasteiger partial charge >= 0.3 is 0 Å². The van der Waals surface area contributed by atoms with Gasteiger partial charge in [0.05, 0.1) is 35.9 Å². The van der Waals surface area contributed by atoms with E-state index in [1.54, 1.807) is 18.3 Å². The molecule has 1 saturated heterocycles. The molecule has 0 unspecified atom stereocenters. The van der Waals surface area contributed by atoms with E-state index in [1.807, 2.05) is 36.6 Å². The highest BCUT2D eigenvalue weighted by Gasteiger charge is 2.42. The molecule has 172 valence electrons. The molecule has 0 bridgehead atoms. The predicted octanol–water partition coefficient (Wildman–Crippen LogP) is 4.79. The summed E-state index contributed by atoms with van der Waals surface area (Å²) >= 11 is 5.71. The zero-order valence-corrected chi connectivity index (χ0v) is 20.1. The van der Waals surface area contributed by atoms with Crippen LogP contribution >= 0.6 is 12.2 Å². The third kappa shape index (κ3) is 3.93. The number of aryl methyl sites for hydroxylation is 1. The monoisotopic (exact) mass is 465 g/mol. The first kappa shape index (κ1) is 22.7. The molecule has 33 heavy (non-hydrogen) atoms. The fourth-order valence-corrected chi connectivity index (χ4v) is 5.13. The maximum Gasteiger partial charge on any atom is 0.296 e. The molecule has 3 heterocycles. The van der Waals surface area contributed by atoms with Gasteiger partial charge in [-0.05, 0) is 75.8 Å². The van der Waals surface area contributed by atoms with Crippen LogP contribution in [0, 0.1) is 24.0 Å². The molecule has 1 aliphatic heterocycles. The van der Waals surface area contributed by atoms with E-state index in [0.29, 0.717) is 16.5 Å². The fraction of sp³-hybridized carbons (Fsp3) is 0.333. The van der Waals surface area contributed by atoms with Crippen molar-refractivity contribution in [1.82, 2.24) is 19.8 Å². The Morgan fingerprint density at radius 2 is 1.97 bits per heavy atom. The molecule has 0 aliphatic carbocycles. The number of nitrogens with one attached hydrogen (secondary N) is 1. The number of thiocarbonyl (C=S) groups is 1. The van der Waals surface area contributed by atoms with Crippen molar-refractivity contribution < 1.29 is 9.66 Å². The van der Waals surface area contributed by atoms with Crippen molar-refractivity contribution in [2.45, 2.75) is 45.8 Å². The zero-order valence-electron chi connectivity index (χ0n) is 19.3. The minimum absolute atomic E-state index is 0.00948. The van der Waals surface area contributed by atoms with E-state index < -0.39 is 0 Å². The molecule has 0 spiro atoms. The molecule has 0 saturated carbocycles. The lowest BCUT2D eigenvalue weighted by atomic mass is 9.96. The highest BCUT2D eigenvalue weighted by molar-refractivity contribution is 7.80. The lowest BCUT2D eigenvalue weighted by molar-refractivity contribution is -0.384. The van der Waals surface area contributed by atoms with Gasteiger partial charge in [0.15, 0.2) is 5.11 Å². The number of nitro groups is 1. The first-order valence-corrected chi connectivity index (χ1v) is 11.2. The van der Waals surface area contributed by atoms with Gasteiger partial charge in [-0.2, -0.15) is 0 Å². The number of pyridine rings is 1. The van der Waals surface area contributed by atoms with Gasteiger partial charge in [0.1, 0.15) is 11.4 Å². The number of hydrogen-bond donors (Lipinski definition) is 1.